The first-order valence-corrected chi connectivity index (χ1v) is 8.41. The van der Waals surface area contributed by atoms with Crippen LogP contribution < -0.4 is 5.32 Å². The van der Waals surface area contributed by atoms with Crippen molar-refractivity contribution in [1.82, 2.24) is 15.2 Å². The molecule has 2 heterocycles. The molecular formula is C19H27N3. The van der Waals surface area contributed by atoms with Gasteiger partial charge in [-0.05, 0) is 62.2 Å². The van der Waals surface area contributed by atoms with Crippen LogP contribution in [-0.4, -0.2) is 30.0 Å². The molecular weight excluding hydrogens is 270 g/mol. The second-order valence-electron chi connectivity index (χ2n) is 6.66. The van der Waals surface area contributed by atoms with Crippen LogP contribution in [0.3, 0.4) is 0 Å². The third kappa shape index (κ3) is 2.88. The molecule has 1 aliphatic rings. The number of nitrogens with zero attached hydrogens (tertiary/aromatic N) is 2. The number of rotatable bonds is 4. The molecule has 3 heteroatoms. The zero-order chi connectivity index (χ0) is 15.7. The molecule has 3 rings (SSSR count). The van der Waals surface area contributed by atoms with E-state index in [-0.39, 0.29) is 0 Å². The third-order valence-electron chi connectivity index (χ3n) is 4.62. The van der Waals surface area contributed by atoms with E-state index in [0.29, 0.717) is 0 Å². The highest BCUT2D eigenvalue weighted by atomic mass is 15.1. The molecule has 1 N–H and O–H groups in total. The summed E-state index contributed by atoms with van der Waals surface area (Å²) in [5.41, 5.74) is 8.07. The van der Waals surface area contributed by atoms with Gasteiger partial charge in [0.25, 0.3) is 0 Å². The average Bonchev–Trinajstić information content (AvgIpc) is 2.47. The second-order valence-corrected chi connectivity index (χ2v) is 6.66. The Bertz CT molecular complexity index is 691. The van der Waals surface area contributed by atoms with E-state index in [1.165, 1.54) is 45.3 Å². The molecule has 0 fully saturated rings. The van der Waals surface area contributed by atoms with E-state index in [1.807, 2.05) is 0 Å². The molecule has 0 saturated carbocycles. The number of likely N-dealkylation sites (N-methyl/N-ethyl adjacent to an activating group) is 1. The van der Waals surface area contributed by atoms with Crippen LogP contribution in [0.1, 0.15) is 41.3 Å². The van der Waals surface area contributed by atoms with Gasteiger partial charge in [0.05, 0.1) is 5.52 Å². The summed E-state index contributed by atoms with van der Waals surface area (Å²) < 4.78 is 0. The average molecular weight is 297 g/mol. The minimum absolute atomic E-state index is 0.951. The van der Waals surface area contributed by atoms with Crippen molar-refractivity contribution in [1.29, 1.82) is 0 Å². The minimum atomic E-state index is 0.951. The van der Waals surface area contributed by atoms with E-state index in [9.17, 15) is 0 Å². The molecule has 0 bridgehead atoms. The normalized spacial score (nSPS) is 15.3. The molecule has 0 spiro atoms. The van der Waals surface area contributed by atoms with E-state index in [1.54, 1.807) is 0 Å². The molecule has 22 heavy (non-hydrogen) atoms. The van der Waals surface area contributed by atoms with Crippen molar-refractivity contribution >= 4 is 10.9 Å². The monoisotopic (exact) mass is 297 g/mol. The quantitative estimate of drug-likeness (QED) is 0.877. The number of nitrogens with one attached hydrogen (secondary N) is 1. The van der Waals surface area contributed by atoms with Crippen molar-refractivity contribution in [2.24, 2.45) is 0 Å². The largest absolute Gasteiger partial charge is 0.313 e. The lowest BCUT2D eigenvalue weighted by atomic mass is 9.93. The lowest BCUT2D eigenvalue weighted by Gasteiger charge is -2.28. The van der Waals surface area contributed by atoms with Gasteiger partial charge in [-0.3, -0.25) is 4.98 Å². The van der Waals surface area contributed by atoms with Gasteiger partial charge in [-0.25, -0.2) is 0 Å². The summed E-state index contributed by atoms with van der Waals surface area (Å²) in [6.45, 7) is 10.8. The predicted octanol–water partition coefficient (Wildman–Crippen LogP) is 3.34. The maximum absolute atomic E-state index is 5.01. The zero-order valence-corrected chi connectivity index (χ0v) is 14.3. The Morgan fingerprint density at radius 3 is 2.86 bits per heavy atom. The third-order valence-corrected chi connectivity index (χ3v) is 4.62. The van der Waals surface area contributed by atoms with Gasteiger partial charge in [0.1, 0.15) is 0 Å². The molecule has 0 radical (unpaired) electrons. The first kappa shape index (κ1) is 15.4. The van der Waals surface area contributed by atoms with Crippen molar-refractivity contribution in [2.75, 3.05) is 20.1 Å². The first-order chi connectivity index (χ1) is 10.6. The summed E-state index contributed by atoms with van der Waals surface area (Å²) in [5.74, 6) is 0. The predicted molar refractivity (Wildman–Crippen MR) is 93.3 cm³/mol. The van der Waals surface area contributed by atoms with Crippen LogP contribution in [0, 0.1) is 13.8 Å². The van der Waals surface area contributed by atoms with Gasteiger partial charge < -0.3 is 10.2 Å². The summed E-state index contributed by atoms with van der Waals surface area (Å²) in [6, 6.07) is 4.52. The smallest absolute Gasteiger partial charge is 0.0714 e. The second kappa shape index (κ2) is 6.35. The summed E-state index contributed by atoms with van der Waals surface area (Å²) in [5, 5.41) is 4.97. The lowest BCUT2D eigenvalue weighted by Crippen LogP contribution is -2.29. The fraction of sp³-hybridized carbons (Fsp3) is 0.526. The van der Waals surface area contributed by atoms with Crippen LogP contribution in [0.5, 0.6) is 0 Å². The van der Waals surface area contributed by atoms with Gasteiger partial charge in [-0.2, -0.15) is 0 Å². The zero-order valence-electron chi connectivity index (χ0n) is 14.3. The van der Waals surface area contributed by atoms with Crippen molar-refractivity contribution in [3.05, 3.63) is 40.1 Å². The number of fused-ring (bicyclic) bond motifs is 2. The van der Waals surface area contributed by atoms with Crippen LogP contribution in [0.15, 0.2) is 12.1 Å². The highest BCUT2D eigenvalue weighted by Crippen LogP contribution is 2.30. The maximum Gasteiger partial charge on any atom is 0.0714 e. The summed E-state index contributed by atoms with van der Waals surface area (Å²) in [6.07, 6.45) is 2.23. The van der Waals surface area contributed by atoms with E-state index >= 15 is 0 Å². The summed E-state index contributed by atoms with van der Waals surface area (Å²) in [7, 11) is 2.21. The topological polar surface area (TPSA) is 28.2 Å². The van der Waals surface area contributed by atoms with E-state index < -0.39 is 0 Å². The molecule has 0 aliphatic carbocycles. The van der Waals surface area contributed by atoms with E-state index in [4.69, 9.17) is 4.98 Å². The number of aromatic nitrogens is 1. The Labute approximate surface area is 133 Å². The fourth-order valence-electron chi connectivity index (χ4n) is 3.59. The molecule has 1 aromatic carbocycles. The Hall–Kier alpha value is -1.45. The molecule has 118 valence electrons. The van der Waals surface area contributed by atoms with Crippen molar-refractivity contribution in [3.63, 3.8) is 0 Å². The van der Waals surface area contributed by atoms with E-state index in [2.05, 4.69) is 50.2 Å². The maximum atomic E-state index is 5.01. The van der Waals surface area contributed by atoms with Gasteiger partial charge in [-0.15, -0.1) is 0 Å². The van der Waals surface area contributed by atoms with Crippen LogP contribution in [-0.2, 0) is 19.5 Å². The number of pyridine rings is 1. The van der Waals surface area contributed by atoms with Crippen LogP contribution in [0.2, 0.25) is 0 Å². The highest BCUT2D eigenvalue weighted by Gasteiger charge is 2.21. The Morgan fingerprint density at radius 2 is 2.09 bits per heavy atom. The molecule has 3 nitrogen and oxygen atoms in total. The number of hydrogen-bond donors (Lipinski definition) is 1. The van der Waals surface area contributed by atoms with Crippen LogP contribution in [0.25, 0.3) is 10.9 Å². The number of benzene rings is 1. The van der Waals surface area contributed by atoms with Gasteiger partial charge in [0.15, 0.2) is 0 Å². The number of aryl methyl sites for hydroxylation is 2. The summed E-state index contributed by atoms with van der Waals surface area (Å²) >= 11 is 0. The first-order valence-electron chi connectivity index (χ1n) is 8.41. The molecule has 2 aromatic rings. The fourth-order valence-corrected chi connectivity index (χ4v) is 3.59. The molecule has 0 atom stereocenters. The van der Waals surface area contributed by atoms with Gasteiger partial charge >= 0.3 is 0 Å². The molecule has 0 amide bonds. The van der Waals surface area contributed by atoms with Crippen molar-refractivity contribution < 1.29 is 0 Å². The molecule has 0 saturated heterocycles. The highest BCUT2D eigenvalue weighted by molar-refractivity contribution is 5.87. The summed E-state index contributed by atoms with van der Waals surface area (Å²) in [4.78, 5) is 7.41. The van der Waals surface area contributed by atoms with E-state index in [0.717, 1.165) is 32.6 Å². The minimum Gasteiger partial charge on any atom is -0.313 e. The Balaban J connectivity index is 2.18. The molecule has 0 unspecified atom stereocenters. The standard InChI is InChI=1S/C19H27N3/c1-5-7-20-11-15-16-12-22(4)8-6-17(16)21-18-10-13(2)9-14(3)19(15)18/h9-10,20H,5-8,11-12H2,1-4H3. The van der Waals surface area contributed by atoms with Crippen LogP contribution >= 0.6 is 0 Å². The Kier molecular flexibility index (Phi) is 4.46. The van der Waals surface area contributed by atoms with Gasteiger partial charge in [-0.1, -0.05) is 13.0 Å². The van der Waals surface area contributed by atoms with Gasteiger partial charge in [0, 0.05) is 37.1 Å². The van der Waals surface area contributed by atoms with Crippen molar-refractivity contribution in [3.8, 4) is 0 Å². The molecule has 1 aromatic heterocycles. The SMILES string of the molecule is CCCNCc1c2c(nc3cc(C)cc(C)c13)CCN(C)C2. The van der Waals surface area contributed by atoms with Crippen molar-refractivity contribution in [2.45, 2.75) is 46.7 Å². The van der Waals surface area contributed by atoms with Crippen LogP contribution in [0.4, 0.5) is 0 Å². The number of hydrogen-bond acceptors (Lipinski definition) is 3. The molecule has 1 aliphatic heterocycles. The Morgan fingerprint density at radius 1 is 1.27 bits per heavy atom. The lowest BCUT2D eigenvalue weighted by molar-refractivity contribution is 0.308. The van der Waals surface area contributed by atoms with Gasteiger partial charge in [0.2, 0.25) is 0 Å².